The van der Waals surface area contributed by atoms with E-state index in [9.17, 15) is 15.2 Å². The van der Waals surface area contributed by atoms with Crippen LogP contribution in [0.1, 0.15) is 25.5 Å². The van der Waals surface area contributed by atoms with E-state index in [2.05, 4.69) is 10.4 Å². The van der Waals surface area contributed by atoms with Crippen molar-refractivity contribution in [2.24, 2.45) is 7.05 Å². The van der Waals surface area contributed by atoms with Crippen LogP contribution < -0.4 is 5.32 Å². The first-order valence-corrected chi connectivity index (χ1v) is 7.13. The molecule has 2 aromatic rings. The Morgan fingerprint density at radius 3 is 2.86 bits per heavy atom. The van der Waals surface area contributed by atoms with Gasteiger partial charge >= 0.3 is 0 Å². The van der Waals surface area contributed by atoms with Crippen molar-refractivity contribution < 1.29 is 9.90 Å². The number of benzene rings is 1. The van der Waals surface area contributed by atoms with Crippen LogP contribution in [-0.4, -0.2) is 27.3 Å². The summed E-state index contributed by atoms with van der Waals surface area (Å²) in [7, 11) is 1.74. The van der Waals surface area contributed by atoms with Gasteiger partial charge in [0.25, 0.3) is 5.91 Å². The summed E-state index contributed by atoms with van der Waals surface area (Å²) in [5.74, 6) is -0.975. The zero-order valence-electron chi connectivity index (χ0n) is 12.6. The molecule has 0 saturated carbocycles. The van der Waals surface area contributed by atoms with Crippen molar-refractivity contribution in [1.29, 1.82) is 5.26 Å². The second-order valence-corrected chi connectivity index (χ2v) is 4.93. The smallest absolute Gasteiger partial charge is 0.265 e. The SMILES string of the molecule is CCCCNC(=O)C(C#N)=C(O)c1nn(C)c2ccccc12. The average Bonchev–Trinajstić information content (AvgIpc) is 2.86. The minimum Gasteiger partial charge on any atom is -0.504 e. The second kappa shape index (κ2) is 6.76. The molecule has 1 aromatic heterocycles. The molecule has 6 nitrogen and oxygen atoms in total. The number of hydrogen-bond acceptors (Lipinski definition) is 4. The molecule has 2 rings (SSSR count). The zero-order valence-corrected chi connectivity index (χ0v) is 12.6. The Morgan fingerprint density at radius 1 is 1.45 bits per heavy atom. The van der Waals surface area contributed by atoms with E-state index in [4.69, 9.17) is 0 Å². The van der Waals surface area contributed by atoms with E-state index in [-0.39, 0.29) is 11.3 Å². The molecule has 0 aliphatic rings. The van der Waals surface area contributed by atoms with Crippen LogP contribution in [0.2, 0.25) is 0 Å². The number of carbonyl (C=O) groups excluding carboxylic acids is 1. The molecule has 0 aliphatic heterocycles. The molecule has 1 amide bonds. The quantitative estimate of drug-likeness (QED) is 0.383. The number of aliphatic hydroxyl groups excluding tert-OH is 1. The van der Waals surface area contributed by atoms with Crippen molar-refractivity contribution in [3.05, 3.63) is 35.5 Å². The van der Waals surface area contributed by atoms with Crippen LogP contribution >= 0.6 is 0 Å². The molecule has 6 heteroatoms. The summed E-state index contributed by atoms with van der Waals surface area (Å²) in [5.41, 5.74) is 0.730. The molecule has 22 heavy (non-hydrogen) atoms. The first-order valence-electron chi connectivity index (χ1n) is 7.13. The third-order valence-electron chi connectivity index (χ3n) is 3.37. The summed E-state index contributed by atoms with van der Waals surface area (Å²) in [6.45, 7) is 2.47. The van der Waals surface area contributed by atoms with Crippen LogP contribution in [-0.2, 0) is 11.8 Å². The number of aromatic nitrogens is 2. The maximum atomic E-state index is 12.0. The molecule has 0 aliphatic carbocycles. The van der Waals surface area contributed by atoms with Gasteiger partial charge in [-0.25, -0.2) is 0 Å². The highest BCUT2D eigenvalue weighted by Crippen LogP contribution is 2.24. The fourth-order valence-corrected chi connectivity index (χ4v) is 2.19. The second-order valence-electron chi connectivity index (χ2n) is 4.93. The number of rotatable bonds is 5. The van der Waals surface area contributed by atoms with E-state index in [1.54, 1.807) is 23.9 Å². The van der Waals surface area contributed by atoms with E-state index in [1.165, 1.54) is 0 Å². The molecule has 0 unspecified atom stereocenters. The number of aryl methyl sites for hydroxylation is 1. The summed E-state index contributed by atoms with van der Waals surface area (Å²) in [4.78, 5) is 12.0. The van der Waals surface area contributed by atoms with Crippen molar-refractivity contribution in [3.63, 3.8) is 0 Å². The van der Waals surface area contributed by atoms with Crippen LogP contribution in [0.4, 0.5) is 0 Å². The van der Waals surface area contributed by atoms with E-state index in [0.717, 1.165) is 18.4 Å². The van der Waals surface area contributed by atoms with Gasteiger partial charge in [0.2, 0.25) is 0 Å². The van der Waals surface area contributed by atoms with E-state index in [0.29, 0.717) is 11.9 Å². The number of nitrogens with zero attached hydrogens (tertiary/aromatic N) is 3. The Bertz CT molecular complexity index is 768. The molecule has 0 bridgehead atoms. The van der Waals surface area contributed by atoms with Gasteiger partial charge in [-0.15, -0.1) is 0 Å². The molecular formula is C16H18N4O2. The topological polar surface area (TPSA) is 90.9 Å². The number of amides is 1. The van der Waals surface area contributed by atoms with Crippen LogP contribution in [0.3, 0.4) is 0 Å². The van der Waals surface area contributed by atoms with Gasteiger partial charge in [0.15, 0.2) is 11.3 Å². The number of para-hydroxylation sites is 1. The van der Waals surface area contributed by atoms with Crippen molar-refractivity contribution >= 4 is 22.6 Å². The predicted molar refractivity (Wildman–Crippen MR) is 83.8 cm³/mol. The lowest BCUT2D eigenvalue weighted by atomic mass is 10.1. The molecule has 1 aromatic carbocycles. The molecule has 0 radical (unpaired) electrons. The lowest BCUT2D eigenvalue weighted by Gasteiger charge is -2.04. The van der Waals surface area contributed by atoms with Gasteiger partial charge in [-0.3, -0.25) is 9.48 Å². The first kappa shape index (κ1) is 15.6. The first-order chi connectivity index (χ1) is 10.6. The van der Waals surface area contributed by atoms with Crippen molar-refractivity contribution in [2.45, 2.75) is 19.8 Å². The number of nitrogens with one attached hydrogen (secondary N) is 1. The number of carbonyl (C=O) groups is 1. The summed E-state index contributed by atoms with van der Waals surface area (Å²) >= 11 is 0. The van der Waals surface area contributed by atoms with E-state index in [1.807, 2.05) is 25.1 Å². The maximum absolute atomic E-state index is 12.0. The molecule has 114 valence electrons. The molecule has 0 spiro atoms. The van der Waals surface area contributed by atoms with Crippen LogP contribution in [0.5, 0.6) is 0 Å². The van der Waals surface area contributed by atoms with Gasteiger partial charge in [0.05, 0.1) is 5.52 Å². The Kier molecular flexibility index (Phi) is 4.79. The number of fused-ring (bicyclic) bond motifs is 1. The van der Waals surface area contributed by atoms with Gasteiger partial charge in [-0.1, -0.05) is 31.5 Å². The molecular weight excluding hydrogens is 280 g/mol. The Hall–Kier alpha value is -2.81. The maximum Gasteiger partial charge on any atom is 0.265 e. The summed E-state index contributed by atoms with van der Waals surface area (Å²) in [6.07, 6.45) is 1.75. The third kappa shape index (κ3) is 2.93. The Balaban J connectivity index is 2.43. The lowest BCUT2D eigenvalue weighted by molar-refractivity contribution is -0.117. The van der Waals surface area contributed by atoms with Crippen LogP contribution in [0, 0.1) is 11.3 Å². The van der Waals surface area contributed by atoms with Crippen LogP contribution in [0.15, 0.2) is 29.8 Å². The Labute approximate surface area is 128 Å². The number of hydrogen-bond donors (Lipinski definition) is 2. The number of unbranched alkanes of at least 4 members (excludes halogenated alkanes) is 1. The molecule has 0 saturated heterocycles. The third-order valence-corrected chi connectivity index (χ3v) is 3.37. The standard InChI is InChI=1S/C16H18N4O2/c1-3-4-9-18-16(22)12(10-17)15(21)14-11-7-5-6-8-13(11)20(2)19-14/h5-8,21H,3-4,9H2,1-2H3,(H,18,22). The largest absolute Gasteiger partial charge is 0.504 e. The number of nitriles is 1. The zero-order chi connectivity index (χ0) is 16.1. The highest BCUT2D eigenvalue weighted by Gasteiger charge is 2.20. The highest BCUT2D eigenvalue weighted by atomic mass is 16.3. The average molecular weight is 298 g/mol. The normalized spacial score (nSPS) is 11.9. The minimum atomic E-state index is -0.580. The lowest BCUT2D eigenvalue weighted by Crippen LogP contribution is -2.26. The van der Waals surface area contributed by atoms with Gasteiger partial charge in [0, 0.05) is 19.0 Å². The molecule has 0 fully saturated rings. The fourth-order valence-electron chi connectivity index (χ4n) is 2.19. The predicted octanol–water partition coefficient (Wildman–Crippen LogP) is 2.28. The monoisotopic (exact) mass is 298 g/mol. The molecule has 0 atom stereocenters. The number of aliphatic hydroxyl groups is 1. The van der Waals surface area contributed by atoms with E-state index >= 15 is 0 Å². The van der Waals surface area contributed by atoms with Gasteiger partial charge in [-0.2, -0.15) is 10.4 Å². The van der Waals surface area contributed by atoms with Crippen molar-refractivity contribution in [3.8, 4) is 6.07 Å². The van der Waals surface area contributed by atoms with Gasteiger partial charge in [-0.05, 0) is 12.5 Å². The van der Waals surface area contributed by atoms with Crippen molar-refractivity contribution in [2.75, 3.05) is 6.54 Å². The van der Waals surface area contributed by atoms with Gasteiger partial charge < -0.3 is 10.4 Å². The minimum absolute atomic E-state index is 0.236. The van der Waals surface area contributed by atoms with Gasteiger partial charge in [0.1, 0.15) is 11.8 Å². The molecule has 2 N–H and O–H groups in total. The fraction of sp³-hybridized carbons (Fsp3) is 0.312. The highest BCUT2D eigenvalue weighted by molar-refractivity contribution is 6.05. The van der Waals surface area contributed by atoms with E-state index < -0.39 is 11.7 Å². The van der Waals surface area contributed by atoms with Crippen molar-refractivity contribution in [1.82, 2.24) is 15.1 Å². The van der Waals surface area contributed by atoms with Crippen LogP contribution in [0.25, 0.3) is 16.7 Å². The summed E-state index contributed by atoms with van der Waals surface area (Å²) < 4.78 is 1.60. The summed E-state index contributed by atoms with van der Waals surface area (Å²) in [5, 5.41) is 27.1. The molecule has 1 heterocycles. The Morgan fingerprint density at radius 2 is 2.18 bits per heavy atom. The summed E-state index contributed by atoms with van der Waals surface area (Å²) in [6, 6.07) is 9.08.